The third-order valence-electron chi connectivity index (χ3n) is 5.91. The molecule has 5 rings (SSSR count). The molecule has 7 heteroatoms. The molecule has 2 N–H and O–H groups in total. The van der Waals surface area contributed by atoms with E-state index in [1.54, 1.807) is 26.1 Å². The number of fused-ring (bicyclic) bond motifs is 1. The van der Waals surface area contributed by atoms with Crippen LogP contribution in [0.25, 0.3) is 23.0 Å². The summed E-state index contributed by atoms with van der Waals surface area (Å²) in [6, 6.07) is 13.4. The predicted octanol–water partition coefficient (Wildman–Crippen LogP) is 1.82. The molecule has 3 aromatic rings. The number of nitrogens with one attached hydrogen (secondary N) is 1. The number of carbonyl (C=O) groups is 1. The highest BCUT2D eigenvalue weighted by Gasteiger charge is 2.26. The van der Waals surface area contributed by atoms with Gasteiger partial charge in [-0.2, -0.15) is 0 Å². The highest BCUT2D eigenvalue weighted by Crippen LogP contribution is 2.24. The Labute approximate surface area is 191 Å². The van der Waals surface area contributed by atoms with Crippen LogP contribution in [-0.2, 0) is 5.60 Å². The lowest BCUT2D eigenvalue weighted by atomic mass is 10.0. The zero-order chi connectivity index (χ0) is 23.2. The van der Waals surface area contributed by atoms with Gasteiger partial charge in [0.15, 0.2) is 0 Å². The fourth-order valence-electron chi connectivity index (χ4n) is 3.95. The van der Waals surface area contributed by atoms with Crippen LogP contribution < -0.4 is 21.5 Å². The van der Waals surface area contributed by atoms with Gasteiger partial charge >= 0.3 is 0 Å². The predicted molar refractivity (Wildman–Crippen MR) is 126 cm³/mol. The van der Waals surface area contributed by atoms with E-state index in [4.69, 9.17) is 0 Å². The summed E-state index contributed by atoms with van der Waals surface area (Å²) < 4.78 is 1.82. The number of amides is 1. The first-order chi connectivity index (χ1) is 15.8. The third kappa shape index (κ3) is 4.24. The average Bonchev–Trinajstić information content (AvgIpc) is 3.63. The number of benzene rings is 1. The van der Waals surface area contributed by atoms with E-state index >= 15 is 0 Å². The molecule has 1 fully saturated rings. The first kappa shape index (κ1) is 21.3. The van der Waals surface area contributed by atoms with Gasteiger partial charge in [0.2, 0.25) is 5.43 Å². The summed E-state index contributed by atoms with van der Waals surface area (Å²) in [5, 5.41) is 13.7. The zero-order valence-electron chi connectivity index (χ0n) is 18.7. The van der Waals surface area contributed by atoms with Crippen molar-refractivity contribution in [3.8, 4) is 16.9 Å². The molecule has 33 heavy (non-hydrogen) atoms. The fraction of sp³-hybridized carbons (Fsp3) is 0.308. The second-order valence-electron chi connectivity index (χ2n) is 9.12. The summed E-state index contributed by atoms with van der Waals surface area (Å²) in [6.45, 7) is 4.00. The van der Waals surface area contributed by atoms with E-state index in [2.05, 4.69) is 15.3 Å². The highest BCUT2D eigenvalue weighted by molar-refractivity contribution is 5.94. The SMILES string of the molecule is CC(C)(O)c1cccc(-c2cccc(-n3cc(C(=O)NC4CC4)c(=O)c4c3=NCCC=4)c2)n1. The summed E-state index contributed by atoms with van der Waals surface area (Å²) in [5.74, 6) is -0.339. The summed E-state index contributed by atoms with van der Waals surface area (Å²) in [5.41, 5.74) is 2.29. The van der Waals surface area contributed by atoms with Crippen molar-refractivity contribution >= 4 is 12.0 Å². The molecule has 0 bridgehead atoms. The van der Waals surface area contributed by atoms with Gasteiger partial charge in [-0.05, 0) is 57.4 Å². The first-order valence-corrected chi connectivity index (χ1v) is 11.2. The smallest absolute Gasteiger partial charge is 0.257 e. The lowest BCUT2D eigenvalue weighted by Gasteiger charge is -2.17. The molecule has 0 radical (unpaired) electrons. The molecular formula is C26H26N4O3. The Morgan fingerprint density at radius 2 is 1.97 bits per heavy atom. The molecule has 1 aliphatic carbocycles. The van der Waals surface area contributed by atoms with Crippen molar-refractivity contribution in [3.63, 3.8) is 0 Å². The van der Waals surface area contributed by atoms with E-state index in [0.717, 1.165) is 29.8 Å². The maximum absolute atomic E-state index is 13.1. The minimum atomic E-state index is -1.05. The molecular weight excluding hydrogens is 416 g/mol. The molecule has 0 unspecified atom stereocenters. The molecule has 1 aromatic carbocycles. The van der Waals surface area contributed by atoms with Crippen molar-refractivity contribution in [1.29, 1.82) is 0 Å². The van der Waals surface area contributed by atoms with Gasteiger partial charge in [-0.15, -0.1) is 0 Å². The maximum Gasteiger partial charge on any atom is 0.257 e. The Hall–Kier alpha value is -3.58. The Morgan fingerprint density at radius 1 is 1.18 bits per heavy atom. The number of nitrogens with zero attached hydrogens (tertiary/aromatic N) is 3. The van der Waals surface area contributed by atoms with Crippen LogP contribution in [0.5, 0.6) is 0 Å². The van der Waals surface area contributed by atoms with Crippen LogP contribution in [0.1, 0.15) is 49.2 Å². The van der Waals surface area contributed by atoms with Crippen LogP contribution >= 0.6 is 0 Å². The monoisotopic (exact) mass is 442 g/mol. The van der Waals surface area contributed by atoms with Crippen LogP contribution in [0.3, 0.4) is 0 Å². The van der Waals surface area contributed by atoms with Crippen molar-refractivity contribution in [3.05, 3.63) is 80.8 Å². The molecule has 0 spiro atoms. The van der Waals surface area contributed by atoms with Crippen molar-refractivity contribution in [1.82, 2.24) is 14.9 Å². The number of hydrogen-bond acceptors (Lipinski definition) is 5. The first-order valence-electron chi connectivity index (χ1n) is 11.2. The normalized spacial score (nSPS) is 15.2. The third-order valence-corrected chi connectivity index (χ3v) is 5.91. The van der Waals surface area contributed by atoms with E-state index in [-0.39, 0.29) is 22.9 Å². The molecule has 2 aromatic heterocycles. The highest BCUT2D eigenvalue weighted by atomic mass is 16.3. The quantitative estimate of drug-likeness (QED) is 0.630. The van der Waals surface area contributed by atoms with E-state index in [1.165, 1.54) is 0 Å². The summed E-state index contributed by atoms with van der Waals surface area (Å²) in [4.78, 5) is 35.1. The lowest BCUT2D eigenvalue weighted by molar-refractivity contribution is 0.0739. The largest absolute Gasteiger partial charge is 0.384 e. The average molecular weight is 443 g/mol. The number of aliphatic hydroxyl groups is 1. The van der Waals surface area contributed by atoms with Crippen molar-refractivity contribution in [2.24, 2.45) is 4.99 Å². The second kappa shape index (κ2) is 8.08. The number of rotatable bonds is 5. The van der Waals surface area contributed by atoms with Gasteiger partial charge in [-0.1, -0.05) is 24.3 Å². The van der Waals surface area contributed by atoms with Crippen LogP contribution in [0, 0.1) is 0 Å². The van der Waals surface area contributed by atoms with Crippen molar-refractivity contribution in [2.45, 2.75) is 44.8 Å². The summed E-state index contributed by atoms with van der Waals surface area (Å²) in [7, 11) is 0. The molecule has 1 amide bonds. The van der Waals surface area contributed by atoms with Gasteiger partial charge in [-0.25, -0.2) is 4.98 Å². The standard InChI is InChI=1S/C26H26N4O3/c1-26(2,33)22-10-4-9-21(29-22)16-6-3-7-18(14-16)30-15-20(25(32)28-17-11-12-17)23(31)19-8-5-13-27-24(19)30/h3-4,6-10,14-15,17,33H,5,11-13H2,1-2H3,(H,28,32). The Balaban J connectivity index is 1.65. The number of aromatic nitrogens is 2. The van der Waals surface area contributed by atoms with Gasteiger partial charge in [0, 0.05) is 30.0 Å². The molecule has 3 heterocycles. The molecule has 0 atom stereocenters. The molecule has 0 saturated heterocycles. The number of hydrogen-bond donors (Lipinski definition) is 2. The summed E-state index contributed by atoms with van der Waals surface area (Å²) in [6.07, 6.45) is 6.04. The van der Waals surface area contributed by atoms with Gasteiger partial charge in [-0.3, -0.25) is 14.6 Å². The van der Waals surface area contributed by atoms with Gasteiger partial charge in [0.05, 0.1) is 16.6 Å². The van der Waals surface area contributed by atoms with Crippen LogP contribution in [0.15, 0.2) is 58.4 Å². The topological polar surface area (TPSA) is 96.6 Å². The number of carbonyl (C=O) groups excluding carboxylic acids is 1. The Bertz CT molecular complexity index is 1430. The van der Waals surface area contributed by atoms with Gasteiger partial charge in [0.1, 0.15) is 16.7 Å². The lowest BCUT2D eigenvalue weighted by Crippen LogP contribution is -2.50. The Morgan fingerprint density at radius 3 is 2.73 bits per heavy atom. The van der Waals surface area contributed by atoms with Crippen LogP contribution in [-0.4, -0.2) is 33.2 Å². The van der Waals surface area contributed by atoms with Crippen LogP contribution in [0.4, 0.5) is 0 Å². The molecule has 168 valence electrons. The van der Waals surface area contributed by atoms with Crippen LogP contribution in [0.2, 0.25) is 0 Å². The minimum Gasteiger partial charge on any atom is -0.384 e. The molecule has 7 nitrogen and oxygen atoms in total. The molecule has 1 saturated carbocycles. The van der Waals surface area contributed by atoms with Crippen molar-refractivity contribution in [2.75, 3.05) is 6.54 Å². The Kier molecular flexibility index (Phi) is 5.21. The van der Waals surface area contributed by atoms with Gasteiger partial charge in [0.25, 0.3) is 5.91 Å². The van der Waals surface area contributed by atoms with Gasteiger partial charge < -0.3 is 15.0 Å². The summed E-state index contributed by atoms with van der Waals surface area (Å²) >= 11 is 0. The van der Waals surface area contributed by atoms with E-state index in [9.17, 15) is 14.7 Å². The zero-order valence-corrected chi connectivity index (χ0v) is 18.7. The number of pyridine rings is 2. The second-order valence-corrected chi connectivity index (χ2v) is 9.12. The van der Waals surface area contributed by atoms with E-state index < -0.39 is 5.60 Å². The molecule has 1 aliphatic heterocycles. The van der Waals surface area contributed by atoms with E-state index in [1.807, 2.05) is 47.0 Å². The minimum absolute atomic E-state index is 0.126. The van der Waals surface area contributed by atoms with E-state index in [0.29, 0.717) is 29.4 Å². The van der Waals surface area contributed by atoms with Crippen molar-refractivity contribution < 1.29 is 9.90 Å². The fourth-order valence-corrected chi connectivity index (χ4v) is 3.95. The maximum atomic E-state index is 13.1. The molecule has 2 aliphatic rings.